The van der Waals surface area contributed by atoms with E-state index >= 15 is 0 Å². The number of rotatable bonds is 2. The fraction of sp³-hybridized carbons (Fsp3) is 0.818. The molecule has 0 aromatic carbocycles. The van der Waals surface area contributed by atoms with Gasteiger partial charge in [-0.25, -0.2) is 0 Å². The van der Waals surface area contributed by atoms with Gasteiger partial charge in [0, 0.05) is 18.6 Å². The second-order valence-corrected chi connectivity index (χ2v) is 4.54. The largest absolute Gasteiger partial charge is 0.311 e. The molecule has 0 aromatic heterocycles. The van der Waals surface area contributed by atoms with E-state index < -0.39 is 0 Å². The smallest absolute Gasteiger partial charge is 0.0252 e. The number of nitrogens with zero attached hydrogens (tertiary/aromatic N) is 1. The highest BCUT2D eigenvalue weighted by Crippen LogP contribution is 2.10. The van der Waals surface area contributed by atoms with E-state index in [2.05, 4.69) is 30.6 Å². The molecule has 0 saturated carbocycles. The Morgan fingerprint density at radius 1 is 1.46 bits per heavy atom. The quantitative estimate of drug-likeness (QED) is 0.653. The molecule has 0 aliphatic carbocycles. The van der Waals surface area contributed by atoms with Gasteiger partial charge >= 0.3 is 0 Å². The molecule has 1 heterocycles. The zero-order valence-electron chi connectivity index (χ0n) is 8.97. The zero-order valence-corrected chi connectivity index (χ0v) is 8.97. The van der Waals surface area contributed by atoms with Crippen LogP contribution < -0.4 is 5.32 Å². The van der Waals surface area contributed by atoms with Crippen molar-refractivity contribution >= 4 is 0 Å². The van der Waals surface area contributed by atoms with Gasteiger partial charge in [-0.2, -0.15) is 0 Å². The maximum atomic E-state index is 3.79. The molecule has 1 N–H and O–H groups in total. The predicted molar refractivity (Wildman–Crippen MR) is 58.0 cm³/mol. The van der Waals surface area contributed by atoms with Crippen molar-refractivity contribution in [1.82, 2.24) is 10.2 Å². The molecule has 13 heavy (non-hydrogen) atoms. The molecule has 0 amide bonds. The highest BCUT2D eigenvalue weighted by molar-refractivity contribution is 4.86. The fourth-order valence-corrected chi connectivity index (χ4v) is 1.92. The average Bonchev–Trinajstić information content (AvgIpc) is 2.00. The summed E-state index contributed by atoms with van der Waals surface area (Å²) in [5.74, 6) is 0. The molecule has 1 saturated heterocycles. The molecule has 2 nitrogen and oxygen atoms in total. The number of nitrogens with one attached hydrogen (secondary N) is 1. The third-order valence-corrected chi connectivity index (χ3v) is 2.51. The zero-order chi connectivity index (χ0) is 9.73. The highest BCUT2D eigenvalue weighted by atomic mass is 15.2. The van der Waals surface area contributed by atoms with Crippen LogP contribution in [0.4, 0.5) is 0 Å². The van der Waals surface area contributed by atoms with Gasteiger partial charge in [0.1, 0.15) is 0 Å². The van der Waals surface area contributed by atoms with Crippen molar-refractivity contribution in [2.75, 3.05) is 26.2 Å². The minimum Gasteiger partial charge on any atom is -0.311 e. The molecule has 76 valence electrons. The maximum Gasteiger partial charge on any atom is 0.0252 e. The van der Waals surface area contributed by atoms with Crippen LogP contribution in [0, 0.1) is 0 Å². The van der Waals surface area contributed by atoms with Gasteiger partial charge in [-0.1, -0.05) is 6.08 Å². The van der Waals surface area contributed by atoms with Crippen molar-refractivity contribution in [1.29, 1.82) is 0 Å². The van der Waals surface area contributed by atoms with E-state index in [1.54, 1.807) is 0 Å². The minimum absolute atomic E-state index is 0.253. The van der Waals surface area contributed by atoms with Crippen LogP contribution in [0.2, 0.25) is 0 Å². The lowest BCUT2D eigenvalue weighted by Gasteiger charge is -2.35. The van der Waals surface area contributed by atoms with E-state index in [9.17, 15) is 0 Å². The van der Waals surface area contributed by atoms with Gasteiger partial charge in [0.05, 0.1) is 0 Å². The van der Waals surface area contributed by atoms with Crippen LogP contribution in [0.25, 0.3) is 0 Å². The average molecular weight is 182 g/mol. The molecule has 1 aliphatic heterocycles. The summed E-state index contributed by atoms with van der Waals surface area (Å²) in [5, 5.41) is 3.57. The first kappa shape index (κ1) is 10.7. The van der Waals surface area contributed by atoms with Crippen molar-refractivity contribution in [3.8, 4) is 0 Å². The normalized spacial score (nSPS) is 24.8. The van der Waals surface area contributed by atoms with Gasteiger partial charge in [-0.05, 0) is 39.8 Å². The summed E-state index contributed by atoms with van der Waals surface area (Å²) in [6, 6.07) is 0. The van der Waals surface area contributed by atoms with E-state index in [1.165, 1.54) is 19.4 Å². The molecule has 0 radical (unpaired) electrons. The van der Waals surface area contributed by atoms with Crippen LogP contribution in [0.3, 0.4) is 0 Å². The SMILES string of the molecule is C=CCN1CCCCNC(C)(C)C1. The predicted octanol–water partition coefficient (Wildman–Crippen LogP) is 1.64. The number of hydrogen-bond acceptors (Lipinski definition) is 2. The highest BCUT2D eigenvalue weighted by Gasteiger charge is 2.21. The summed E-state index contributed by atoms with van der Waals surface area (Å²) in [4.78, 5) is 2.47. The summed E-state index contributed by atoms with van der Waals surface area (Å²) in [6.07, 6.45) is 4.59. The van der Waals surface area contributed by atoms with Gasteiger partial charge in [0.15, 0.2) is 0 Å². The van der Waals surface area contributed by atoms with Crippen LogP contribution >= 0.6 is 0 Å². The van der Waals surface area contributed by atoms with Gasteiger partial charge in [0.2, 0.25) is 0 Å². The second-order valence-electron chi connectivity index (χ2n) is 4.54. The summed E-state index contributed by atoms with van der Waals surface area (Å²) < 4.78 is 0. The Labute approximate surface area is 82.0 Å². The molecule has 2 heteroatoms. The second kappa shape index (κ2) is 4.77. The number of hydrogen-bond donors (Lipinski definition) is 1. The van der Waals surface area contributed by atoms with Crippen molar-refractivity contribution in [2.45, 2.75) is 32.2 Å². The molecule has 1 rings (SSSR count). The van der Waals surface area contributed by atoms with Crippen molar-refractivity contribution in [2.24, 2.45) is 0 Å². The first-order valence-corrected chi connectivity index (χ1v) is 5.22. The topological polar surface area (TPSA) is 15.3 Å². The van der Waals surface area contributed by atoms with E-state index in [0.717, 1.165) is 19.6 Å². The van der Waals surface area contributed by atoms with Crippen molar-refractivity contribution < 1.29 is 0 Å². The molecule has 1 aliphatic rings. The first-order valence-electron chi connectivity index (χ1n) is 5.22. The van der Waals surface area contributed by atoms with Gasteiger partial charge in [0.25, 0.3) is 0 Å². The van der Waals surface area contributed by atoms with Crippen molar-refractivity contribution in [3.05, 3.63) is 12.7 Å². The molecule has 1 fully saturated rings. The van der Waals surface area contributed by atoms with Crippen molar-refractivity contribution in [3.63, 3.8) is 0 Å². The summed E-state index contributed by atoms with van der Waals surface area (Å²) in [6.45, 7) is 12.9. The third-order valence-electron chi connectivity index (χ3n) is 2.51. The molecule has 0 unspecified atom stereocenters. The molecule has 0 bridgehead atoms. The lowest BCUT2D eigenvalue weighted by atomic mass is 10.0. The van der Waals surface area contributed by atoms with E-state index in [4.69, 9.17) is 0 Å². The summed E-state index contributed by atoms with van der Waals surface area (Å²) >= 11 is 0. The molecule has 0 atom stereocenters. The van der Waals surface area contributed by atoms with Gasteiger partial charge in [-0.3, -0.25) is 4.90 Å². The van der Waals surface area contributed by atoms with E-state index in [1.807, 2.05) is 6.08 Å². The summed E-state index contributed by atoms with van der Waals surface area (Å²) in [5.41, 5.74) is 0.253. The fourth-order valence-electron chi connectivity index (χ4n) is 1.92. The Kier molecular flexibility index (Phi) is 3.94. The lowest BCUT2D eigenvalue weighted by Crippen LogP contribution is -2.51. The Bertz CT molecular complexity index is 163. The Morgan fingerprint density at radius 3 is 2.92 bits per heavy atom. The monoisotopic (exact) mass is 182 g/mol. The van der Waals surface area contributed by atoms with Crippen LogP contribution in [-0.2, 0) is 0 Å². The standard InChI is InChI=1S/C11H22N2/c1-4-8-13-9-6-5-7-12-11(2,3)10-13/h4,12H,1,5-10H2,2-3H3. The molecule has 0 aromatic rings. The Morgan fingerprint density at radius 2 is 2.23 bits per heavy atom. The Hall–Kier alpha value is -0.340. The first-order chi connectivity index (χ1) is 6.14. The molecular formula is C11H22N2. The van der Waals surface area contributed by atoms with Crippen LogP contribution in [0.1, 0.15) is 26.7 Å². The van der Waals surface area contributed by atoms with Crippen LogP contribution in [0.5, 0.6) is 0 Å². The van der Waals surface area contributed by atoms with Gasteiger partial charge in [-0.15, -0.1) is 6.58 Å². The van der Waals surface area contributed by atoms with E-state index in [-0.39, 0.29) is 5.54 Å². The minimum atomic E-state index is 0.253. The molecular weight excluding hydrogens is 160 g/mol. The molecule has 0 spiro atoms. The lowest BCUT2D eigenvalue weighted by molar-refractivity contribution is 0.196. The van der Waals surface area contributed by atoms with E-state index in [0.29, 0.717) is 0 Å². The van der Waals surface area contributed by atoms with Crippen LogP contribution in [0.15, 0.2) is 12.7 Å². The maximum absolute atomic E-state index is 3.79. The third kappa shape index (κ3) is 3.92. The van der Waals surface area contributed by atoms with Crippen LogP contribution in [-0.4, -0.2) is 36.6 Å². The van der Waals surface area contributed by atoms with Gasteiger partial charge < -0.3 is 5.32 Å². The Balaban J connectivity index is 2.47. The summed E-state index contributed by atoms with van der Waals surface area (Å²) in [7, 11) is 0.